The Morgan fingerprint density at radius 1 is 0.954 bits per heavy atom. The van der Waals surface area contributed by atoms with Crippen LogP contribution in [0, 0.1) is 6.92 Å². The number of phenols is 1. The topological polar surface area (TPSA) is 209 Å². The molecule has 342 valence electrons. The maximum Gasteiger partial charge on any atom is 0.253 e. The van der Waals surface area contributed by atoms with Gasteiger partial charge in [-0.05, 0) is 90.8 Å². The molecule has 6 aromatic rings. The summed E-state index contributed by atoms with van der Waals surface area (Å²) in [7, 11) is -4.87. The van der Waals surface area contributed by atoms with Crippen molar-refractivity contribution in [1.82, 2.24) is 25.1 Å². The third-order valence-electron chi connectivity index (χ3n) is 12.5. The third kappa shape index (κ3) is 10.1. The van der Waals surface area contributed by atoms with E-state index in [-0.39, 0.29) is 49.3 Å². The highest BCUT2D eigenvalue weighted by atomic mass is 32.2. The van der Waals surface area contributed by atoms with Gasteiger partial charge in [-0.25, -0.2) is 8.42 Å². The van der Waals surface area contributed by atoms with Gasteiger partial charge in [0.1, 0.15) is 11.5 Å². The van der Waals surface area contributed by atoms with Crippen LogP contribution in [0.5, 0.6) is 11.5 Å². The van der Waals surface area contributed by atoms with Gasteiger partial charge in [-0.2, -0.15) is 0 Å². The van der Waals surface area contributed by atoms with Crippen molar-refractivity contribution in [3.8, 4) is 11.5 Å². The summed E-state index contributed by atoms with van der Waals surface area (Å²) in [5.41, 5.74) is 9.02. The fraction of sp³-hybridized carbons (Fsp3) is 0.333. The van der Waals surface area contributed by atoms with E-state index in [1.165, 1.54) is 36.5 Å². The number of aromatic amines is 1. The third-order valence-corrected chi connectivity index (χ3v) is 18.7. The van der Waals surface area contributed by atoms with Gasteiger partial charge in [0.15, 0.2) is 8.32 Å². The molecule has 1 atom stereocenters. The number of primary amides is 1. The maximum absolute atomic E-state index is 14.3. The number of carbonyl (C=O) groups is 2. The molecule has 0 aliphatic carbocycles. The van der Waals surface area contributed by atoms with E-state index in [1.54, 1.807) is 67.5 Å². The lowest BCUT2D eigenvalue weighted by molar-refractivity contribution is 0.0636. The standard InChI is InChI=1S/C48H57N7O8SSi/c1-30-24-35(27-38-43(30)51-28-39(46(49)58)44(38)52-32-11-9-12-33(26-32)62-5)64(60,61)34-13-8-10-31(25-34)47(59)55-22-20-54(21-23-55)19-18-50-29-41(63-65(6,7)48(2,3)4)36-14-16-40(56)45-37(36)15-17-42(57)53-45/h8-17,24-28,41,50,56H,18-23,29H2,1-7H3,(H2,49,58)(H,51,52)(H,53,57). The Morgan fingerprint density at radius 3 is 2.40 bits per heavy atom. The van der Waals surface area contributed by atoms with Gasteiger partial charge in [0, 0.05) is 86.2 Å². The molecule has 65 heavy (non-hydrogen) atoms. The zero-order chi connectivity index (χ0) is 46.8. The van der Waals surface area contributed by atoms with E-state index in [0.29, 0.717) is 78.4 Å². The number of benzene rings is 4. The number of aryl methyl sites for hydroxylation is 1. The molecule has 1 fully saturated rings. The first-order chi connectivity index (χ1) is 30.8. The van der Waals surface area contributed by atoms with E-state index in [1.807, 2.05) is 6.07 Å². The molecule has 0 saturated carbocycles. The first-order valence-electron chi connectivity index (χ1n) is 21.5. The Morgan fingerprint density at radius 2 is 1.69 bits per heavy atom. The average Bonchev–Trinajstić information content (AvgIpc) is 3.27. The molecule has 1 unspecified atom stereocenters. The number of sulfone groups is 1. The molecule has 1 aliphatic heterocycles. The predicted molar refractivity (Wildman–Crippen MR) is 256 cm³/mol. The van der Waals surface area contributed by atoms with Crippen LogP contribution in [0.15, 0.2) is 106 Å². The maximum atomic E-state index is 14.3. The Labute approximate surface area is 380 Å². The Kier molecular flexibility index (Phi) is 13.5. The normalized spacial score (nSPS) is 14.4. The number of aromatic hydroxyl groups is 1. The number of carbonyl (C=O) groups excluding carboxylic acids is 2. The lowest BCUT2D eigenvalue weighted by Crippen LogP contribution is -2.50. The van der Waals surface area contributed by atoms with E-state index in [9.17, 15) is 27.9 Å². The van der Waals surface area contributed by atoms with Crippen LogP contribution >= 0.6 is 0 Å². The Hall–Kier alpha value is -6.11. The van der Waals surface area contributed by atoms with Gasteiger partial charge in [-0.1, -0.05) is 39.0 Å². The van der Waals surface area contributed by atoms with Crippen LogP contribution in [0.1, 0.15) is 58.7 Å². The fourth-order valence-electron chi connectivity index (χ4n) is 7.82. The lowest BCUT2D eigenvalue weighted by atomic mass is 10.0. The summed E-state index contributed by atoms with van der Waals surface area (Å²) in [4.78, 5) is 49.8. The number of fused-ring (bicyclic) bond motifs is 2. The number of rotatable bonds is 15. The van der Waals surface area contributed by atoms with Gasteiger partial charge in [-0.15, -0.1) is 0 Å². The van der Waals surface area contributed by atoms with Crippen molar-refractivity contribution in [3.63, 3.8) is 0 Å². The summed E-state index contributed by atoms with van der Waals surface area (Å²) in [5.74, 6) is -0.421. The van der Waals surface area contributed by atoms with Gasteiger partial charge in [0.25, 0.3) is 11.8 Å². The highest BCUT2D eigenvalue weighted by Crippen LogP contribution is 2.41. The van der Waals surface area contributed by atoms with Crippen LogP contribution in [0.25, 0.3) is 21.8 Å². The fourth-order valence-corrected chi connectivity index (χ4v) is 10.5. The number of nitrogens with zero attached hydrogens (tertiary/aromatic N) is 3. The predicted octanol–water partition coefficient (Wildman–Crippen LogP) is 6.88. The Bertz CT molecular complexity index is 2940. The molecule has 17 heteroatoms. The van der Waals surface area contributed by atoms with E-state index >= 15 is 0 Å². The van der Waals surface area contributed by atoms with Crippen molar-refractivity contribution >= 4 is 63.1 Å². The minimum absolute atomic E-state index is 0.000939. The Balaban J connectivity index is 1.02. The highest BCUT2D eigenvalue weighted by Gasteiger charge is 2.40. The summed E-state index contributed by atoms with van der Waals surface area (Å²) in [6, 6.07) is 22.8. The number of methoxy groups -OCH3 is 1. The number of pyridine rings is 2. The molecule has 6 N–H and O–H groups in total. The van der Waals surface area contributed by atoms with Crippen molar-refractivity contribution in [3.05, 3.63) is 124 Å². The van der Waals surface area contributed by atoms with E-state index in [2.05, 4.69) is 59.4 Å². The van der Waals surface area contributed by atoms with Crippen LogP contribution in [-0.2, 0) is 14.3 Å². The minimum atomic E-state index is -4.16. The van der Waals surface area contributed by atoms with Crippen molar-refractivity contribution < 1.29 is 32.3 Å². The monoisotopic (exact) mass is 919 g/mol. The number of amides is 2. The number of nitrogens with two attached hydrogens (primary N) is 1. The molecular formula is C48H57N7O8SSi. The highest BCUT2D eigenvalue weighted by molar-refractivity contribution is 7.91. The summed E-state index contributed by atoms with van der Waals surface area (Å²) in [5, 5.41) is 18.4. The number of aromatic nitrogens is 2. The molecule has 1 aliphatic rings. The quantitative estimate of drug-likeness (QED) is 0.0527. The molecule has 15 nitrogen and oxygen atoms in total. The zero-order valence-electron chi connectivity index (χ0n) is 37.8. The average molecular weight is 920 g/mol. The van der Waals surface area contributed by atoms with Gasteiger partial charge in [-0.3, -0.25) is 24.3 Å². The van der Waals surface area contributed by atoms with E-state index in [0.717, 1.165) is 17.5 Å². The first kappa shape index (κ1) is 46.9. The summed E-state index contributed by atoms with van der Waals surface area (Å²) in [6.45, 7) is 16.8. The molecule has 3 heterocycles. The molecule has 2 amide bonds. The SMILES string of the molecule is COc1cccc(Nc2c(C(N)=O)cnc3c(C)cc(S(=O)(=O)c4cccc(C(=O)N5CCN(CCNCC(O[Si](C)(C)C(C)(C)C)c6ccc(O)c7[nH]c(=O)ccc67)CC5)c4)cc23)c1. The first-order valence-corrected chi connectivity index (χ1v) is 25.9. The smallest absolute Gasteiger partial charge is 0.253 e. The van der Waals surface area contributed by atoms with Gasteiger partial charge >= 0.3 is 0 Å². The van der Waals surface area contributed by atoms with Gasteiger partial charge < -0.3 is 40.5 Å². The molecule has 0 spiro atoms. The molecule has 0 bridgehead atoms. The lowest BCUT2D eigenvalue weighted by Gasteiger charge is -2.40. The number of H-pyrrole nitrogens is 1. The van der Waals surface area contributed by atoms with Crippen molar-refractivity contribution in [2.24, 2.45) is 5.73 Å². The van der Waals surface area contributed by atoms with Crippen molar-refractivity contribution in [1.29, 1.82) is 0 Å². The second kappa shape index (κ2) is 18.8. The van der Waals surface area contributed by atoms with Crippen LogP contribution in [-0.4, -0.2) is 106 Å². The number of hydrogen-bond donors (Lipinski definition) is 5. The largest absolute Gasteiger partial charge is 0.506 e. The van der Waals surface area contributed by atoms with Crippen LogP contribution in [0.2, 0.25) is 18.1 Å². The number of hydrogen-bond acceptors (Lipinski definition) is 12. The van der Waals surface area contributed by atoms with Gasteiger partial charge in [0.05, 0.1) is 45.3 Å². The number of nitrogens with one attached hydrogen (secondary N) is 3. The number of ether oxygens (including phenoxy) is 1. The minimum Gasteiger partial charge on any atom is -0.506 e. The van der Waals surface area contributed by atoms with E-state index in [4.69, 9.17) is 14.9 Å². The molecular weight excluding hydrogens is 863 g/mol. The van der Waals surface area contributed by atoms with Crippen LogP contribution < -0.4 is 26.7 Å². The number of piperazine rings is 1. The second-order valence-electron chi connectivity index (χ2n) is 17.9. The van der Waals surface area contributed by atoms with E-state index < -0.39 is 24.1 Å². The summed E-state index contributed by atoms with van der Waals surface area (Å²) >= 11 is 0. The van der Waals surface area contributed by atoms with Crippen LogP contribution in [0.4, 0.5) is 11.4 Å². The zero-order valence-corrected chi connectivity index (χ0v) is 39.6. The number of anilines is 2. The molecule has 4 aromatic carbocycles. The molecule has 1 saturated heterocycles. The molecule has 2 aromatic heterocycles. The number of phenolic OH excluding ortho intramolecular Hbond substituents is 1. The second-order valence-corrected chi connectivity index (χ2v) is 24.6. The van der Waals surface area contributed by atoms with Crippen LogP contribution in [0.3, 0.4) is 0 Å². The summed E-state index contributed by atoms with van der Waals surface area (Å²) in [6.07, 6.45) is 1.03. The molecule has 0 radical (unpaired) electrons. The van der Waals surface area contributed by atoms with Crippen molar-refractivity contribution in [2.75, 3.05) is 58.2 Å². The van der Waals surface area contributed by atoms with Crippen molar-refractivity contribution in [2.45, 2.75) is 61.7 Å². The van der Waals surface area contributed by atoms with Gasteiger partial charge in [0.2, 0.25) is 15.4 Å². The molecule has 7 rings (SSSR count). The summed E-state index contributed by atoms with van der Waals surface area (Å²) < 4.78 is 41.0.